The smallest absolute Gasteiger partial charge is 0.222 e. The van der Waals surface area contributed by atoms with Crippen molar-refractivity contribution in [3.63, 3.8) is 0 Å². The van der Waals surface area contributed by atoms with Gasteiger partial charge in [0, 0.05) is 31.5 Å². The molecule has 1 amide bonds. The molecule has 0 saturated carbocycles. The van der Waals surface area contributed by atoms with Crippen molar-refractivity contribution in [2.75, 3.05) is 33.3 Å². The second-order valence-electron chi connectivity index (χ2n) is 7.05. The lowest BCUT2D eigenvalue weighted by molar-refractivity contribution is -0.130. The Morgan fingerprint density at radius 1 is 1.30 bits per heavy atom. The van der Waals surface area contributed by atoms with Gasteiger partial charge in [-0.15, -0.1) is 0 Å². The molecule has 0 bridgehead atoms. The first kappa shape index (κ1) is 16.3. The summed E-state index contributed by atoms with van der Waals surface area (Å²) in [5.41, 5.74) is 1.64. The first-order valence-electron chi connectivity index (χ1n) is 8.82. The molecule has 1 N–H and O–H groups in total. The van der Waals surface area contributed by atoms with Gasteiger partial charge in [0.1, 0.15) is 5.75 Å². The van der Waals surface area contributed by atoms with E-state index in [1.165, 1.54) is 24.8 Å². The molecule has 1 atom stereocenters. The first-order chi connectivity index (χ1) is 11.2. The Hall–Kier alpha value is -1.55. The minimum Gasteiger partial charge on any atom is -0.497 e. The van der Waals surface area contributed by atoms with Gasteiger partial charge in [-0.2, -0.15) is 0 Å². The van der Waals surface area contributed by atoms with E-state index in [-0.39, 0.29) is 0 Å². The summed E-state index contributed by atoms with van der Waals surface area (Å²) in [5, 5.41) is 3.50. The Balaban J connectivity index is 1.42. The molecule has 4 heteroatoms. The van der Waals surface area contributed by atoms with Gasteiger partial charge in [0.15, 0.2) is 0 Å². The van der Waals surface area contributed by atoms with Crippen molar-refractivity contribution in [1.29, 1.82) is 0 Å². The molecule has 2 fully saturated rings. The van der Waals surface area contributed by atoms with Crippen molar-refractivity contribution in [2.24, 2.45) is 5.41 Å². The molecule has 1 aromatic rings. The molecular formula is C19H28N2O2. The minimum absolute atomic E-state index is 0.334. The first-order valence-corrected chi connectivity index (χ1v) is 8.82. The van der Waals surface area contributed by atoms with E-state index in [9.17, 15) is 4.79 Å². The molecule has 4 nitrogen and oxygen atoms in total. The highest BCUT2D eigenvalue weighted by Crippen LogP contribution is 2.36. The van der Waals surface area contributed by atoms with Crippen LogP contribution in [0.15, 0.2) is 24.3 Å². The highest BCUT2D eigenvalue weighted by atomic mass is 16.5. The van der Waals surface area contributed by atoms with Crippen LogP contribution in [0.25, 0.3) is 0 Å². The molecule has 23 heavy (non-hydrogen) atoms. The molecule has 1 aromatic carbocycles. The molecule has 2 heterocycles. The third-order valence-corrected chi connectivity index (χ3v) is 5.37. The van der Waals surface area contributed by atoms with E-state index < -0.39 is 0 Å². The summed E-state index contributed by atoms with van der Waals surface area (Å²) in [6, 6.07) is 8.14. The van der Waals surface area contributed by atoms with Gasteiger partial charge < -0.3 is 15.0 Å². The maximum Gasteiger partial charge on any atom is 0.222 e. The van der Waals surface area contributed by atoms with E-state index in [1.807, 2.05) is 12.1 Å². The highest BCUT2D eigenvalue weighted by Gasteiger charge is 2.40. The predicted octanol–water partition coefficient (Wildman–Crippen LogP) is 2.62. The zero-order chi connectivity index (χ0) is 16.1. The van der Waals surface area contributed by atoms with E-state index in [0.29, 0.717) is 17.7 Å². The number of amides is 1. The number of hydrogen-bond donors (Lipinski definition) is 1. The van der Waals surface area contributed by atoms with Crippen LogP contribution >= 0.6 is 0 Å². The molecule has 2 saturated heterocycles. The maximum atomic E-state index is 12.4. The van der Waals surface area contributed by atoms with Crippen molar-refractivity contribution in [1.82, 2.24) is 10.2 Å². The molecule has 0 radical (unpaired) electrons. The Labute approximate surface area is 139 Å². The Morgan fingerprint density at radius 3 is 2.83 bits per heavy atom. The van der Waals surface area contributed by atoms with E-state index in [0.717, 1.165) is 44.8 Å². The number of carbonyl (C=O) groups excluding carboxylic acids is 1. The van der Waals surface area contributed by atoms with Crippen molar-refractivity contribution in [3.05, 3.63) is 29.8 Å². The van der Waals surface area contributed by atoms with Gasteiger partial charge in [-0.25, -0.2) is 0 Å². The second kappa shape index (κ2) is 7.35. The van der Waals surface area contributed by atoms with Gasteiger partial charge >= 0.3 is 0 Å². The number of hydrogen-bond acceptors (Lipinski definition) is 3. The fourth-order valence-corrected chi connectivity index (χ4v) is 3.92. The topological polar surface area (TPSA) is 41.6 Å². The number of piperidine rings is 1. The Kier molecular flexibility index (Phi) is 5.21. The molecule has 0 aliphatic carbocycles. The Morgan fingerprint density at radius 2 is 2.13 bits per heavy atom. The monoisotopic (exact) mass is 316 g/mol. The van der Waals surface area contributed by atoms with Gasteiger partial charge in [0.05, 0.1) is 7.11 Å². The lowest BCUT2D eigenvalue weighted by Gasteiger charge is -2.33. The number of carbonyl (C=O) groups is 1. The lowest BCUT2D eigenvalue weighted by Crippen LogP contribution is -2.42. The van der Waals surface area contributed by atoms with Gasteiger partial charge in [-0.05, 0) is 56.3 Å². The van der Waals surface area contributed by atoms with E-state index in [2.05, 4.69) is 22.3 Å². The van der Waals surface area contributed by atoms with Crippen LogP contribution in [0.4, 0.5) is 0 Å². The number of aryl methyl sites for hydroxylation is 1. The summed E-state index contributed by atoms with van der Waals surface area (Å²) in [6.07, 6.45) is 6.23. The SMILES string of the molecule is COc1ccc(CCCC(=O)N2CCC3(CCCNC3)C2)cc1. The summed E-state index contributed by atoms with van der Waals surface area (Å²) in [4.78, 5) is 14.5. The molecule has 2 aliphatic heterocycles. The highest BCUT2D eigenvalue weighted by molar-refractivity contribution is 5.76. The van der Waals surface area contributed by atoms with Gasteiger partial charge in [-0.3, -0.25) is 4.79 Å². The molecule has 2 aliphatic rings. The summed E-state index contributed by atoms with van der Waals surface area (Å²) in [5.74, 6) is 1.22. The zero-order valence-corrected chi connectivity index (χ0v) is 14.1. The van der Waals surface area contributed by atoms with Crippen LogP contribution in [-0.2, 0) is 11.2 Å². The number of likely N-dealkylation sites (tertiary alicyclic amines) is 1. The molecule has 0 aromatic heterocycles. The predicted molar refractivity (Wildman–Crippen MR) is 91.7 cm³/mol. The van der Waals surface area contributed by atoms with E-state index in [1.54, 1.807) is 7.11 Å². The fraction of sp³-hybridized carbons (Fsp3) is 0.632. The molecular weight excluding hydrogens is 288 g/mol. The van der Waals surface area contributed by atoms with Crippen LogP contribution in [0.5, 0.6) is 5.75 Å². The van der Waals surface area contributed by atoms with Crippen molar-refractivity contribution in [2.45, 2.75) is 38.5 Å². The number of rotatable bonds is 5. The van der Waals surface area contributed by atoms with Crippen molar-refractivity contribution >= 4 is 5.91 Å². The van der Waals surface area contributed by atoms with Crippen LogP contribution in [0, 0.1) is 5.41 Å². The van der Waals surface area contributed by atoms with E-state index in [4.69, 9.17) is 4.74 Å². The molecule has 126 valence electrons. The molecule has 1 spiro atoms. The van der Waals surface area contributed by atoms with Crippen LogP contribution < -0.4 is 10.1 Å². The maximum absolute atomic E-state index is 12.4. The zero-order valence-electron chi connectivity index (χ0n) is 14.1. The van der Waals surface area contributed by atoms with Crippen LogP contribution in [-0.4, -0.2) is 44.1 Å². The second-order valence-corrected chi connectivity index (χ2v) is 7.05. The standard InChI is InChI=1S/C19H28N2O2/c1-23-17-8-6-16(7-9-17)4-2-5-18(22)21-13-11-19(15-21)10-3-12-20-14-19/h6-9,20H,2-5,10-15H2,1H3. The minimum atomic E-state index is 0.334. The number of benzene rings is 1. The summed E-state index contributed by atoms with van der Waals surface area (Å²) in [7, 11) is 1.68. The van der Waals surface area contributed by atoms with Gasteiger partial charge in [-0.1, -0.05) is 12.1 Å². The summed E-state index contributed by atoms with van der Waals surface area (Å²) < 4.78 is 5.17. The van der Waals surface area contributed by atoms with Crippen LogP contribution in [0.3, 0.4) is 0 Å². The van der Waals surface area contributed by atoms with Gasteiger partial charge in [0.2, 0.25) is 5.91 Å². The van der Waals surface area contributed by atoms with Crippen molar-refractivity contribution in [3.8, 4) is 5.75 Å². The average molecular weight is 316 g/mol. The lowest BCUT2D eigenvalue weighted by atomic mass is 9.80. The normalized spacial score (nSPS) is 24.1. The number of methoxy groups -OCH3 is 1. The summed E-state index contributed by atoms with van der Waals surface area (Å²) >= 11 is 0. The molecule has 1 unspecified atom stereocenters. The third-order valence-electron chi connectivity index (χ3n) is 5.37. The van der Waals surface area contributed by atoms with Crippen molar-refractivity contribution < 1.29 is 9.53 Å². The number of nitrogens with one attached hydrogen (secondary N) is 1. The quantitative estimate of drug-likeness (QED) is 0.908. The van der Waals surface area contributed by atoms with Crippen LogP contribution in [0.2, 0.25) is 0 Å². The number of ether oxygens (including phenoxy) is 1. The fourth-order valence-electron chi connectivity index (χ4n) is 3.92. The van der Waals surface area contributed by atoms with E-state index >= 15 is 0 Å². The average Bonchev–Trinajstić information content (AvgIpc) is 2.99. The van der Waals surface area contributed by atoms with Crippen LogP contribution in [0.1, 0.15) is 37.7 Å². The number of nitrogens with zero attached hydrogens (tertiary/aromatic N) is 1. The third kappa shape index (κ3) is 4.05. The largest absolute Gasteiger partial charge is 0.497 e. The summed E-state index contributed by atoms with van der Waals surface area (Å²) in [6.45, 7) is 4.13. The Bertz CT molecular complexity index is 521. The van der Waals surface area contributed by atoms with Gasteiger partial charge in [0.25, 0.3) is 0 Å². The molecule has 3 rings (SSSR count).